The lowest BCUT2D eigenvalue weighted by molar-refractivity contribution is -0.139. The molecule has 2 bridgehead atoms. The minimum Gasteiger partial charge on any atom is -0.454 e. The van der Waals surface area contributed by atoms with Crippen molar-refractivity contribution in [2.24, 2.45) is 5.92 Å². The van der Waals surface area contributed by atoms with Gasteiger partial charge in [0.05, 0.1) is 0 Å². The molecular formula is C20H24O4. The number of rotatable bonds is 0. The summed E-state index contributed by atoms with van der Waals surface area (Å²) in [4.78, 5) is 23.8. The van der Waals surface area contributed by atoms with Crippen LogP contribution in [0.4, 0.5) is 0 Å². The van der Waals surface area contributed by atoms with Crippen molar-refractivity contribution >= 4 is 11.9 Å². The van der Waals surface area contributed by atoms with Gasteiger partial charge < -0.3 is 9.47 Å². The van der Waals surface area contributed by atoms with Crippen molar-refractivity contribution in [3.8, 4) is 0 Å². The molecule has 4 heteroatoms. The Hall–Kier alpha value is -2.10. The van der Waals surface area contributed by atoms with Crippen LogP contribution in [-0.4, -0.2) is 24.1 Å². The van der Waals surface area contributed by atoms with Gasteiger partial charge in [0.1, 0.15) is 12.2 Å². The average molecular weight is 328 g/mol. The summed E-state index contributed by atoms with van der Waals surface area (Å²) in [6.45, 7) is 8.00. The number of hydrogen-bond acceptors (Lipinski definition) is 4. The zero-order valence-corrected chi connectivity index (χ0v) is 14.3. The molecule has 0 aromatic carbocycles. The van der Waals surface area contributed by atoms with E-state index in [2.05, 4.69) is 19.6 Å². The summed E-state index contributed by atoms with van der Waals surface area (Å²) in [7, 11) is 0. The lowest BCUT2D eigenvalue weighted by atomic mass is 9.89. The molecule has 2 heterocycles. The van der Waals surface area contributed by atoms with Gasteiger partial charge in [-0.05, 0) is 51.7 Å². The van der Waals surface area contributed by atoms with Crippen molar-refractivity contribution in [1.82, 2.24) is 0 Å². The van der Waals surface area contributed by atoms with Gasteiger partial charge >= 0.3 is 11.9 Å². The molecule has 3 atom stereocenters. The minimum atomic E-state index is -0.297. The highest BCUT2D eigenvalue weighted by Crippen LogP contribution is 2.34. The summed E-state index contributed by atoms with van der Waals surface area (Å²) < 4.78 is 10.9. The predicted octanol–water partition coefficient (Wildman–Crippen LogP) is 3.79. The van der Waals surface area contributed by atoms with E-state index in [-0.39, 0.29) is 30.1 Å². The Labute approximate surface area is 142 Å². The molecule has 0 aromatic rings. The molecule has 0 radical (unpaired) electrons. The molecule has 0 saturated carbocycles. The molecular weight excluding hydrogens is 304 g/mol. The van der Waals surface area contributed by atoms with Crippen LogP contribution in [0.2, 0.25) is 0 Å². The van der Waals surface area contributed by atoms with Crippen LogP contribution in [-0.2, 0) is 19.1 Å². The van der Waals surface area contributed by atoms with E-state index in [0.29, 0.717) is 12.0 Å². The van der Waals surface area contributed by atoms with E-state index in [0.717, 1.165) is 36.8 Å². The average Bonchev–Trinajstić information content (AvgIpc) is 2.97. The first-order chi connectivity index (χ1) is 11.4. The van der Waals surface area contributed by atoms with E-state index < -0.39 is 0 Å². The summed E-state index contributed by atoms with van der Waals surface area (Å²) in [6.07, 6.45) is 9.56. The van der Waals surface area contributed by atoms with E-state index >= 15 is 0 Å². The Balaban J connectivity index is 1.86. The molecule has 3 rings (SSSR count). The summed E-state index contributed by atoms with van der Waals surface area (Å²) >= 11 is 0. The molecule has 24 heavy (non-hydrogen) atoms. The van der Waals surface area contributed by atoms with Crippen LogP contribution in [0.3, 0.4) is 0 Å². The Bertz CT molecular complexity index is 665. The van der Waals surface area contributed by atoms with Crippen molar-refractivity contribution in [2.45, 2.75) is 58.2 Å². The van der Waals surface area contributed by atoms with E-state index in [9.17, 15) is 9.59 Å². The van der Waals surface area contributed by atoms with Crippen molar-refractivity contribution in [3.63, 3.8) is 0 Å². The SMILES string of the molecule is C=C1C(=O)O[C@H]2C=C(C)C[C@@H]3C=C(CCC=C(C)CC[C@H]12)C(=O)O3. The van der Waals surface area contributed by atoms with Gasteiger partial charge in [-0.2, -0.15) is 0 Å². The summed E-state index contributed by atoms with van der Waals surface area (Å²) in [6, 6.07) is 0. The largest absolute Gasteiger partial charge is 0.454 e. The Morgan fingerprint density at radius 1 is 1.04 bits per heavy atom. The Morgan fingerprint density at radius 3 is 2.62 bits per heavy atom. The third-order valence-corrected chi connectivity index (χ3v) is 4.99. The van der Waals surface area contributed by atoms with Gasteiger partial charge in [0, 0.05) is 23.5 Å². The van der Waals surface area contributed by atoms with Gasteiger partial charge in [0.25, 0.3) is 0 Å². The van der Waals surface area contributed by atoms with E-state index in [4.69, 9.17) is 9.47 Å². The third kappa shape index (κ3) is 3.53. The van der Waals surface area contributed by atoms with Gasteiger partial charge in [-0.1, -0.05) is 23.8 Å². The zero-order chi connectivity index (χ0) is 17.3. The first-order valence-corrected chi connectivity index (χ1v) is 8.58. The lowest BCUT2D eigenvalue weighted by Crippen LogP contribution is -2.16. The summed E-state index contributed by atoms with van der Waals surface area (Å²) in [5.74, 6) is -0.474. The molecule has 0 unspecified atom stereocenters. The smallest absolute Gasteiger partial charge is 0.334 e. The van der Waals surface area contributed by atoms with Crippen molar-refractivity contribution in [1.29, 1.82) is 0 Å². The number of allylic oxidation sites excluding steroid dienone is 2. The first kappa shape index (κ1) is 16.7. The minimum absolute atomic E-state index is 0.0240. The molecule has 128 valence electrons. The van der Waals surface area contributed by atoms with Gasteiger partial charge in [0.2, 0.25) is 0 Å². The molecule has 0 N–H and O–H groups in total. The number of hydrogen-bond donors (Lipinski definition) is 0. The highest BCUT2D eigenvalue weighted by atomic mass is 16.6. The number of carbonyl (C=O) groups is 2. The van der Waals surface area contributed by atoms with Gasteiger partial charge in [-0.15, -0.1) is 0 Å². The fraction of sp³-hybridized carbons (Fsp3) is 0.500. The summed E-state index contributed by atoms with van der Waals surface area (Å²) in [5, 5.41) is 0. The van der Waals surface area contributed by atoms with Crippen molar-refractivity contribution in [3.05, 3.63) is 47.1 Å². The second-order valence-electron chi connectivity index (χ2n) is 6.98. The van der Waals surface area contributed by atoms with Crippen LogP contribution in [0, 0.1) is 5.92 Å². The second kappa shape index (κ2) is 6.80. The maximum absolute atomic E-state index is 11.9. The molecule has 3 aliphatic rings. The molecule has 0 spiro atoms. The fourth-order valence-corrected chi connectivity index (χ4v) is 3.57. The second-order valence-corrected chi connectivity index (χ2v) is 6.98. The molecule has 1 fully saturated rings. The van der Waals surface area contributed by atoms with E-state index in [1.54, 1.807) is 0 Å². The number of ether oxygens (including phenoxy) is 2. The first-order valence-electron chi connectivity index (χ1n) is 8.58. The highest BCUT2D eigenvalue weighted by molar-refractivity contribution is 5.91. The van der Waals surface area contributed by atoms with Crippen LogP contribution in [0.15, 0.2) is 47.1 Å². The molecule has 2 aliphatic heterocycles. The van der Waals surface area contributed by atoms with Gasteiger partial charge in [0.15, 0.2) is 0 Å². The quantitative estimate of drug-likeness (QED) is 0.386. The van der Waals surface area contributed by atoms with Crippen molar-refractivity contribution < 1.29 is 19.1 Å². The van der Waals surface area contributed by atoms with Crippen LogP contribution in [0.25, 0.3) is 0 Å². The van der Waals surface area contributed by atoms with E-state index in [1.165, 1.54) is 5.57 Å². The van der Waals surface area contributed by atoms with Crippen molar-refractivity contribution in [2.75, 3.05) is 0 Å². The Morgan fingerprint density at radius 2 is 1.83 bits per heavy atom. The topological polar surface area (TPSA) is 52.6 Å². The lowest BCUT2D eigenvalue weighted by Gasteiger charge is -2.16. The van der Waals surface area contributed by atoms with E-state index in [1.807, 2.05) is 19.1 Å². The number of carbonyl (C=O) groups excluding carboxylic acids is 2. The van der Waals surface area contributed by atoms with Crippen LogP contribution >= 0.6 is 0 Å². The fourth-order valence-electron chi connectivity index (χ4n) is 3.57. The normalized spacial score (nSPS) is 31.3. The molecule has 0 amide bonds. The van der Waals surface area contributed by atoms with Gasteiger partial charge in [-0.3, -0.25) is 0 Å². The van der Waals surface area contributed by atoms with Crippen LogP contribution in [0.5, 0.6) is 0 Å². The highest BCUT2D eigenvalue weighted by Gasteiger charge is 2.37. The molecule has 0 aromatic heterocycles. The van der Waals surface area contributed by atoms with Crippen LogP contribution in [0.1, 0.15) is 46.0 Å². The standard InChI is InChI=1S/C20H24O4/c1-12-5-4-6-15-11-16(23-20(15)22)9-13(2)10-18-17(8-7-12)14(3)19(21)24-18/h5,10-11,16-18H,3-4,6-9H2,1-2H3/t16-,17-,18+/m1/s1. The number of esters is 2. The third-order valence-electron chi connectivity index (χ3n) is 4.99. The Kier molecular flexibility index (Phi) is 4.74. The maximum Gasteiger partial charge on any atom is 0.334 e. The molecule has 4 nitrogen and oxygen atoms in total. The molecule has 1 saturated heterocycles. The van der Waals surface area contributed by atoms with Crippen LogP contribution < -0.4 is 0 Å². The number of fused-ring (bicyclic) bond motifs is 2. The van der Waals surface area contributed by atoms with Gasteiger partial charge in [-0.25, -0.2) is 9.59 Å². The molecule has 1 aliphatic carbocycles. The maximum atomic E-state index is 11.9. The summed E-state index contributed by atoms with van der Waals surface area (Å²) in [5.41, 5.74) is 3.67. The predicted molar refractivity (Wildman–Crippen MR) is 91.1 cm³/mol. The monoisotopic (exact) mass is 328 g/mol. The zero-order valence-electron chi connectivity index (χ0n) is 14.3.